The molecule has 2 atom stereocenters. The minimum absolute atomic E-state index is 0.000880. The van der Waals surface area contributed by atoms with Crippen molar-refractivity contribution in [3.8, 4) is 0 Å². The van der Waals surface area contributed by atoms with Crippen LogP contribution in [0.1, 0.15) is 31.2 Å². The number of amides is 1. The van der Waals surface area contributed by atoms with E-state index in [0.717, 1.165) is 24.8 Å². The average molecular weight is 249 g/mol. The molecule has 3 rings (SSSR count). The molecule has 0 unspecified atom stereocenters. The number of aliphatic hydroxyl groups is 1. The monoisotopic (exact) mass is 249 g/mol. The summed E-state index contributed by atoms with van der Waals surface area (Å²) in [5, 5.41) is 9.97. The van der Waals surface area contributed by atoms with Crippen molar-refractivity contribution in [3.63, 3.8) is 0 Å². The predicted molar refractivity (Wildman–Crippen MR) is 65.9 cm³/mol. The second-order valence-electron chi connectivity index (χ2n) is 5.10. The van der Waals surface area contributed by atoms with Gasteiger partial charge in [-0.15, -0.1) is 0 Å². The van der Waals surface area contributed by atoms with Gasteiger partial charge in [0.15, 0.2) is 0 Å². The smallest absolute Gasteiger partial charge is 0.227 e. The Morgan fingerprint density at radius 2 is 2.11 bits per heavy atom. The average Bonchev–Trinajstić information content (AvgIpc) is 2.75. The molecule has 1 amide bonds. The lowest BCUT2D eigenvalue weighted by Gasteiger charge is -2.35. The third-order valence-electron chi connectivity index (χ3n) is 3.96. The zero-order valence-electron chi connectivity index (χ0n) is 10.1. The van der Waals surface area contributed by atoms with Crippen LogP contribution in [0.4, 0.5) is 10.1 Å². The number of hydrogen-bond donors (Lipinski definition) is 1. The van der Waals surface area contributed by atoms with Crippen molar-refractivity contribution in [2.75, 3.05) is 4.90 Å². The second-order valence-corrected chi connectivity index (χ2v) is 5.10. The number of rotatable bonds is 1. The van der Waals surface area contributed by atoms with Crippen LogP contribution in [0.25, 0.3) is 0 Å². The highest BCUT2D eigenvalue weighted by atomic mass is 19.1. The number of aliphatic hydroxyl groups excluding tert-OH is 1. The summed E-state index contributed by atoms with van der Waals surface area (Å²) in [6.45, 7) is 0. The van der Waals surface area contributed by atoms with Gasteiger partial charge < -0.3 is 10.0 Å². The van der Waals surface area contributed by atoms with Gasteiger partial charge in [-0.1, -0.05) is 6.07 Å². The molecule has 18 heavy (non-hydrogen) atoms. The molecule has 1 aliphatic heterocycles. The third kappa shape index (κ3) is 1.81. The Bertz CT molecular complexity index is 489. The second kappa shape index (κ2) is 4.35. The van der Waals surface area contributed by atoms with Crippen LogP contribution in [0.5, 0.6) is 0 Å². The van der Waals surface area contributed by atoms with Crippen molar-refractivity contribution in [1.29, 1.82) is 0 Å². The van der Waals surface area contributed by atoms with Gasteiger partial charge in [0.2, 0.25) is 5.91 Å². The Labute approximate surface area is 105 Å². The molecule has 0 spiro atoms. The van der Waals surface area contributed by atoms with Crippen LogP contribution in [-0.4, -0.2) is 23.2 Å². The van der Waals surface area contributed by atoms with Gasteiger partial charge in [0, 0.05) is 6.42 Å². The van der Waals surface area contributed by atoms with Crippen molar-refractivity contribution in [2.24, 2.45) is 0 Å². The number of nitrogens with zero attached hydrogens (tertiary/aromatic N) is 1. The van der Waals surface area contributed by atoms with E-state index in [0.29, 0.717) is 18.5 Å². The van der Waals surface area contributed by atoms with Crippen LogP contribution in [0.15, 0.2) is 18.2 Å². The quantitative estimate of drug-likeness (QED) is 0.827. The first kappa shape index (κ1) is 11.7. The number of carbonyl (C=O) groups is 1. The van der Waals surface area contributed by atoms with Crippen molar-refractivity contribution in [3.05, 3.63) is 29.6 Å². The molecule has 1 heterocycles. The number of halogens is 1. The Morgan fingerprint density at radius 3 is 2.83 bits per heavy atom. The first-order valence-corrected chi connectivity index (χ1v) is 6.45. The summed E-state index contributed by atoms with van der Waals surface area (Å²) in [7, 11) is 0. The number of hydrogen-bond acceptors (Lipinski definition) is 2. The molecule has 1 aromatic rings. The fourth-order valence-electron chi connectivity index (χ4n) is 3.05. The first-order valence-electron chi connectivity index (χ1n) is 6.45. The maximum absolute atomic E-state index is 13.4. The third-order valence-corrected chi connectivity index (χ3v) is 3.96. The lowest BCUT2D eigenvalue weighted by molar-refractivity contribution is -0.119. The summed E-state index contributed by atoms with van der Waals surface area (Å²) in [6.07, 6.45) is 3.06. The minimum Gasteiger partial charge on any atom is -0.391 e. The molecule has 0 saturated heterocycles. The summed E-state index contributed by atoms with van der Waals surface area (Å²) in [5.74, 6) is -0.333. The van der Waals surface area contributed by atoms with E-state index in [-0.39, 0.29) is 17.8 Å². The van der Waals surface area contributed by atoms with Gasteiger partial charge >= 0.3 is 0 Å². The van der Waals surface area contributed by atoms with E-state index in [4.69, 9.17) is 0 Å². The highest BCUT2D eigenvalue weighted by Crippen LogP contribution is 2.35. The minimum atomic E-state index is -0.483. The SMILES string of the molecule is O=C1CCc2ccc(F)cc2N1[C@H]1CCC[C@@H]1O. The van der Waals surface area contributed by atoms with Crippen LogP contribution in [0.3, 0.4) is 0 Å². The van der Waals surface area contributed by atoms with E-state index in [1.165, 1.54) is 12.1 Å². The molecule has 96 valence electrons. The van der Waals surface area contributed by atoms with Gasteiger partial charge in [0.25, 0.3) is 0 Å². The van der Waals surface area contributed by atoms with Gasteiger partial charge in [-0.3, -0.25) is 4.79 Å². The highest BCUT2D eigenvalue weighted by Gasteiger charge is 2.37. The summed E-state index contributed by atoms with van der Waals surface area (Å²) in [6, 6.07) is 4.40. The fraction of sp³-hybridized carbons (Fsp3) is 0.500. The molecule has 4 heteroatoms. The summed E-state index contributed by atoms with van der Waals surface area (Å²) < 4.78 is 13.4. The van der Waals surface area contributed by atoms with Gasteiger partial charge in [0.05, 0.1) is 17.8 Å². The van der Waals surface area contributed by atoms with Gasteiger partial charge in [-0.25, -0.2) is 4.39 Å². The topological polar surface area (TPSA) is 40.5 Å². The number of fused-ring (bicyclic) bond motifs is 1. The van der Waals surface area contributed by atoms with E-state index in [9.17, 15) is 14.3 Å². The molecular weight excluding hydrogens is 233 g/mol. The van der Waals surface area contributed by atoms with E-state index in [2.05, 4.69) is 0 Å². The zero-order valence-corrected chi connectivity index (χ0v) is 10.1. The Morgan fingerprint density at radius 1 is 1.28 bits per heavy atom. The molecule has 1 aliphatic carbocycles. The Kier molecular flexibility index (Phi) is 2.82. The number of anilines is 1. The van der Waals surface area contributed by atoms with Crippen molar-refractivity contribution in [1.82, 2.24) is 0 Å². The molecule has 0 bridgehead atoms. The van der Waals surface area contributed by atoms with Crippen LogP contribution < -0.4 is 4.90 Å². The lowest BCUT2D eigenvalue weighted by Crippen LogP contribution is -2.47. The van der Waals surface area contributed by atoms with Crippen LogP contribution >= 0.6 is 0 Å². The molecule has 0 radical (unpaired) electrons. The van der Waals surface area contributed by atoms with Gasteiger partial charge in [0.1, 0.15) is 5.82 Å². The van der Waals surface area contributed by atoms with E-state index in [1.54, 1.807) is 11.0 Å². The molecule has 3 nitrogen and oxygen atoms in total. The highest BCUT2D eigenvalue weighted by molar-refractivity contribution is 5.97. The molecular formula is C14H16FNO2. The van der Waals surface area contributed by atoms with E-state index in [1.807, 2.05) is 0 Å². The van der Waals surface area contributed by atoms with Gasteiger partial charge in [-0.2, -0.15) is 0 Å². The van der Waals surface area contributed by atoms with Gasteiger partial charge in [-0.05, 0) is 43.4 Å². The van der Waals surface area contributed by atoms with Crippen molar-refractivity contribution < 1.29 is 14.3 Å². The number of aryl methyl sites for hydroxylation is 1. The zero-order chi connectivity index (χ0) is 12.7. The Balaban J connectivity index is 2.03. The predicted octanol–water partition coefficient (Wildman–Crippen LogP) is 2.02. The maximum atomic E-state index is 13.4. The maximum Gasteiger partial charge on any atom is 0.227 e. The summed E-state index contributed by atoms with van der Waals surface area (Å²) in [4.78, 5) is 13.7. The number of benzene rings is 1. The fourth-order valence-corrected chi connectivity index (χ4v) is 3.05. The lowest BCUT2D eigenvalue weighted by atomic mass is 9.98. The van der Waals surface area contributed by atoms with Crippen molar-refractivity contribution in [2.45, 2.75) is 44.2 Å². The molecule has 1 fully saturated rings. The molecule has 0 aromatic heterocycles. The largest absolute Gasteiger partial charge is 0.391 e. The molecule has 1 N–H and O–H groups in total. The standard InChI is InChI=1S/C14H16FNO2/c15-10-6-4-9-5-7-14(18)16(12(9)8-10)11-2-1-3-13(11)17/h4,6,8,11,13,17H,1-3,5,7H2/t11-,13-/m0/s1. The summed E-state index contributed by atoms with van der Waals surface area (Å²) >= 11 is 0. The van der Waals surface area contributed by atoms with Crippen LogP contribution in [-0.2, 0) is 11.2 Å². The van der Waals surface area contributed by atoms with Crippen molar-refractivity contribution >= 4 is 11.6 Å². The van der Waals surface area contributed by atoms with E-state index >= 15 is 0 Å². The molecule has 1 saturated carbocycles. The van der Waals surface area contributed by atoms with Crippen LogP contribution in [0, 0.1) is 5.82 Å². The van der Waals surface area contributed by atoms with E-state index < -0.39 is 6.10 Å². The Hall–Kier alpha value is -1.42. The normalized spacial score (nSPS) is 27.4. The first-order chi connectivity index (χ1) is 8.66. The van der Waals surface area contributed by atoms with Crippen LogP contribution in [0.2, 0.25) is 0 Å². The molecule has 2 aliphatic rings. The number of carbonyl (C=O) groups excluding carboxylic acids is 1. The molecule has 1 aromatic carbocycles. The summed E-state index contributed by atoms with van der Waals surface area (Å²) in [5.41, 5.74) is 1.65.